The highest BCUT2D eigenvalue weighted by atomic mass is 16.1. The predicted octanol–water partition coefficient (Wildman–Crippen LogP) is 1.85. The van der Waals surface area contributed by atoms with Crippen LogP contribution in [0.4, 0.5) is 0 Å². The maximum Gasteiger partial charge on any atom is 0.250 e. The van der Waals surface area contributed by atoms with E-state index in [-0.39, 0.29) is 5.56 Å². The zero-order valence-electron chi connectivity index (χ0n) is 11.5. The minimum atomic E-state index is 0.0523. The lowest BCUT2D eigenvalue weighted by atomic mass is 10.3. The Labute approximate surface area is 113 Å². The number of nitrogens with one attached hydrogen (secondary N) is 1. The number of rotatable bonds is 6. The second-order valence-electron chi connectivity index (χ2n) is 4.96. The molecule has 1 N–H and O–H groups in total. The fraction of sp³-hybridized carbons (Fsp3) is 0.400. The monoisotopic (exact) mass is 259 g/mol. The van der Waals surface area contributed by atoms with Gasteiger partial charge in [-0.1, -0.05) is 19.9 Å². The molecule has 2 aromatic heterocycles. The van der Waals surface area contributed by atoms with Gasteiger partial charge in [-0.15, -0.1) is 0 Å². The molecule has 0 aliphatic carbocycles. The maximum atomic E-state index is 11.6. The Kier molecular flexibility index (Phi) is 4.58. The Morgan fingerprint density at radius 3 is 2.53 bits per heavy atom. The van der Waals surface area contributed by atoms with E-state index >= 15 is 0 Å². The van der Waals surface area contributed by atoms with Crippen molar-refractivity contribution in [3.63, 3.8) is 0 Å². The molecule has 0 amide bonds. The highest BCUT2D eigenvalue weighted by Crippen LogP contribution is 2.03. The van der Waals surface area contributed by atoms with E-state index in [1.165, 1.54) is 5.69 Å². The molecule has 0 unspecified atom stereocenters. The Balaban J connectivity index is 1.98. The zero-order valence-corrected chi connectivity index (χ0v) is 11.5. The molecule has 19 heavy (non-hydrogen) atoms. The van der Waals surface area contributed by atoms with Crippen LogP contribution in [0.1, 0.15) is 19.5 Å². The summed E-state index contributed by atoms with van der Waals surface area (Å²) < 4.78 is 3.93. The van der Waals surface area contributed by atoms with Gasteiger partial charge in [0.15, 0.2) is 0 Å². The van der Waals surface area contributed by atoms with Crippen LogP contribution in [0.3, 0.4) is 0 Å². The van der Waals surface area contributed by atoms with Crippen LogP contribution >= 0.6 is 0 Å². The van der Waals surface area contributed by atoms with E-state index in [1.54, 1.807) is 16.7 Å². The SMILES string of the molecule is CC(C)NCc1cccn1CCn1ccccc1=O. The Bertz CT molecular complexity index is 569. The van der Waals surface area contributed by atoms with Crippen molar-refractivity contribution in [1.29, 1.82) is 0 Å². The number of pyridine rings is 1. The topological polar surface area (TPSA) is 39.0 Å². The summed E-state index contributed by atoms with van der Waals surface area (Å²) >= 11 is 0. The van der Waals surface area contributed by atoms with Crippen LogP contribution in [-0.4, -0.2) is 15.2 Å². The first kappa shape index (κ1) is 13.6. The van der Waals surface area contributed by atoms with Crippen molar-refractivity contribution in [1.82, 2.24) is 14.5 Å². The maximum absolute atomic E-state index is 11.6. The average molecular weight is 259 g/mol. The molecule has 2 rings (SSSR count). The molecule has 0 aliphatic heterocycles. The molecule has 0 radical (unpaired) electrons. The molecule has 4 nitrogen and oxygen atoms in total. The van der Waals surface area contributed by atoms with Crippen molar-refractivity contribution in [2.24, 2.45) is 0 Å². The van der Waals surface area contributed by atoms with Crippen LogP contribution in [0.25, 0.3) is 0 Å². The number of hydrogen-bond acceptors (Lipinski definition) is 2. The molecular formula is C15H21N3O. The lowest BCUT2D eigenvalue weighted by molar-refractivity contribution is 0.521. The fourth-order valence-corrected chi connectivity index (χ4v) is 2.00. The van der Waals surface area contributed by atoms with Crippen LogP contribution in [0.5, 0.6) is 0 Å². The van der Waals surface area contributed by atoms with E-state index in [0.29, 0.717) is 12.6 Å². The van der Waals surface area contributed by atoms with Gasteiger partial charge in [-0.05, 0) is 18.2 Å². The Hall–Kier alpha value is -1.81. The van der Waals surface area contributed by atoms with Crippen molar-refractivity contribution < 1.29 is 0 Å². The van der Waals surface area contributed by atoms with E-state index in [0.717, 1.165) is 13.1 Å². The molecule has 0 aliphatic rings. The standard InChI is InChI=1S/C15H21N3O/c1-13(2)16-12-14-6-5-9-17(14)10-11-18-8-4-3-7-15(18)19/h3-9,13,16H,10-12H2,1-2H3. The van der Waals surface area contributed by atoms with Crippen molar-refractivity contribution in [3.05, 3.63) is 58.8 Å². The summed E-state index contributed by atoms with van der Waals surface area (Å²) in [5.74, 6) is 0. The van der Waals surface area contributed by atoms with Gasteiger partial charge in [0.1, 0.15) is 0 Å². The van der Waals surface area contributed by atoms with Gasteiger partial charge in [0.2, 0.25) is 0 Å². The Morgan fingerprint density at radius 2 is 1.79 bits per heavy atom. The van der Waals surface area contributed by atoms with Crippen molar-refractivity contribution in [2.75, 3.05) is 0 Å². The molecule has 0 atom stereocenters. The van der Waals surface area contributed by atoms with Gasteiger partial charge in [-0.2, -0.15) is 0 Å². The number of hydrogen-bond donors (Lipinski definition) is 1. The van der Waals surface area contributed by atoms with Gasteiger partial charge in [0, 0.05) is 49.8 Å². The molecule has 0 fully saturated rings. The summed E-state index contributed by atoms with van der Waals surface area (Å²) in [6.45, 7) is 6.64. The van der Waals surface area contributed by atoms with E-state index in [2.05, 4.69) is 36.0 Å². The summed E-state index contributed by atoms with van der Waals surface area (Å²) in [5, 5.41) is 3.41. The summed E-state index contributed by atoms with van der Waals surface area (Å²) in [5.41, 5.74) is 1.30. The van der Waals surface area contributed by atoms with E-state index in [1.807, 2.05) is 18.3 Å². The molecular weight excluding hydrogens is 238 g/mol. The molecule has 2 heterocycles. The highest BCUT2D eigenvalue weighted by molar-refractivity contribution is 5.07. The van der Waals surface area contributed by atoms with E-state index < -0.39 is 0 Å². The largest absolute Gasteiger partial charge is 0.348 e. The molecule has 102 valence electrons. The summed E-state index contributed by atoms with van der Waals surface area (Å²) in [6, 6.07) is 9.88. The van der Waals surface area contributed by atoms with Gasteiger partial charge in [-0.25, -0.2) is 0 Å². The summed E-state index contributed by atoms with van der Waals surface area (Å²) in [6.07, 6.45) is 3.89. The number of nitrogens with zero attached hydrogens (tertiary/aromatic N) is 2. The van der Waals surface area contributed by atoms with Gasteiger partial charge < -0.3 is 14.5 Å². The second kappa shape index (κ2) is 6.38. The van der Waals surface area contributed by atoms with Crippen LogP contribution in [0, 0.1) is 0 Å². The minimum Gasteiger partial charge on any atom is -0.348 e. The molecule has 4 heteroatoms. The van der Waals surface area contributed by atoms with Crippen LogP contribution in [-0.2, 0) is 19.6 Å². The van der Waals surface area contributed by atoms with Crippen LogP contribution < -0.4 is 10.9 Å². The van der Waals surface area contributed by atoms with Crippen LogP contribution in [0.15, 0.2) is 47.5 Å². The summed E-state index contributed by atoms with van der Waals surface area (Å²) in [4.78, 5) is 11.6. The molecule has 2 aromatic rings. The van der Waals surface area contributed by atoms with Gasteiger partial charge in [-0.3, -0.25) is 4.79 Å². The highest BCUT2D eigenvalue weighted by Gasteiger charge is 2.02. The molecule has 0 saturated carbocycles. The number of aryl methyl sites for hydroxylation is 2. The van der Waals surface area contributed by atoms with Gasteiger partial charge in [0.05, 0.1) is 0 Å². The third-order valence-corrected chi connectivity index (χ3v) is 3.10. The molecule has 0 aromatic carbocycles. The third kappa shape index (κ3) is 3.83. The van der Waals surface area contributed by atoms with Crippen molar-refractivity contribution in [2.45, 2.75) is 39.5 Å². The van der Waals surface area contributed by atoms with Crippen molar-refractivity contribution >= 4 is 0 Å². The van der Waals surface area contributed by atoms with E-state index in [4.69, 9.17) is 0 Å². The first-order chi connectivity index (χ1) is 9.16. The van der Waals surface area contributed by atoms with E-state index in [9.17, 15) is 4.79 Å². The quantitative estimate of drug-likeness (QED) is 0.860. The first-order valence-corrected chi connectivity index (χ1v) is 6.69. The first-order valence-electron chi connectivity index (χ1n) is 6.69. The lowest BCUT2D eigenvalue weighted by Crippen LogP contribution is -2.25. The molecule has 0 spiro atoms. The van der Waals surface area contributed by atoms with Crippen LogP contribution in [0.2, 0.25) is 0 Å². The van der Waals surface area contributed by atoms with Crippen molar-refractivity contribution in [3.8, 4) is 0 Å². The van der Waals surface area contributed by atoms with Gasteiger partial charge >= 0.3 is 0 Å². The molecule has 0 bridgehead atoms. The lowest BCUT2D eigenvalue weighted by Gasteiger charge is -2.13. The summed E-state index contributed by atoms with van der Waals surface area (Å²) in [7, 11) is 0. The number of aromatic nitrogens is 2. The Morgan fingerprint density at radius 1 is 1.05 bits per heavy atom. The molecule has 0 saturated heterocycles. The predicted molar refractivity (Wildman–Crippen MR) is 77.1 cm³/mol. The van der Waals surface area contributed by atoms with Gasteiger partial charge in [0.25, 0.3) is 5.56 Å². The fourth-order valence-electron chi connectivity index (χ4n) is 2.00. The smallest absolute Gasteiger partial charge is 0.250 e. The normalized spacial score (nSPS) is 11.1. The minimum absolute atomic E-state index is 0.0523. The second-order valence-corrected chi connectivity index (χ2v) is 4.96. The average Bonchev–Trinajstić information content (AvgIpc) is 2.83. The zero-order chi connectivity index (χ0) is 13.7. The third-order valence-electron chi connectivity index (χ3n) is 3.10.